The van der Waals surface area contributed by atoms with Crippen LogP contribution in [-0.4, -0.2) is 28.9 Å². The largest absolute Gasteiger partial charge is 0.480 e. The zero-order valence-electron chi connectivity index (χ0n) is 12.0. The molecule has 2 amide bonds. The van der Waals surface area contributed by atoms with Crippen LogP contribution in [0.4, 0.5) is 5.69 Å². The number of amides is 2. The highest BCUT2D eigenvalue weighted by Gasteiger charge is 2.26. The third-order valence-electron chi connectivity index (χ3n) is 3.76. The van der Waals surface area contributed by atoms with Gasteiger partial charge in [0.1, 0.15) is 6.04 Å². The first kappa shape index (κ1) is 15.0. The topological polar surface area (TPSA) is 95.5 Å². The minimum absolute atomic E-state index is 0.106. The Morgan fingerprint density at radius 2 is 2.14 bits per heavy atom. The van der Waals surface area contributed by atoms with E-state index in [0.717, 1.165) is 5.56 Å². The Morgan fingerprint density at radius 1 is 1.43 bits per heavy atom. The number of rotatable bonds is 5. The number of carboxylic acid groups (broad SMARTS) is 1. The lowest BCUT2D eigenvalue weighted by atomic mass is 9.98. The van der Waals surface area contributed by atoms with E-state index < -0.39 is 17.9 Å². The van der Waals surface area contributed by atoms with E-state index in [2.05, 4.69) is 10.6 Å². The first-order valence-electron chi connectivity index (χ1n) is 6.88. The summed E-state index contributed by atoms with van der Waals surface area (Å²) in [7, 11) is 0. The van der Waals surface area contributed by atoms with Crippen LogP contribution < -0.4 is 10.6 Å². The van der Waals surface area contributed by atoms with Crippen LogP contribution in [0, 0.1) is 5.92 Å². The van der Waals surface area contributed by atoms with Gasteiger partial charge in [0, 0.05) is 11.3 Å². The van der Waals surface area contributed by atoms with E-state index >= 15 is 0 Å². The fourth-order valence-electron chi connectivity index (χ4n) is 2.28. The van der Waals surface area contributed by atoms with Gasteiger partial charge in [0.2, 0.25) is 5.91 Å². The Kier molecular flexibility index (Phi) is 4.26. The van der Waals surface area contributed by atoms with Crippen molar-refractivity contribution in [2.75, 3.05) is 5.32 Å². The lowest BCUT2D eigenvalue weighted by Crippen LogP contribution is -2.45. The van der Waals surface area contributed by atoms with E-state index in [4.69, 9.17) is 0 Å². The van der Waals surface area contributed by atoms with E-state index in [1.165, 1.54) is 0 Å². The lowest BCUT2D eigenvalue weighted by Gasteiger charge is -2.20. The molecule has 0 aromatic heterocycles. The number of carbonyl (C=O) groups excluding carboxylic acids is 2. The average molecular weight is 290 g/mol. The van der Waals surface area contributed by atoms with Crippen molar-refractivity contribution >= 4 is 23.5 Å². The summed E-state index contributed by atoms with van der Waals surface area (Å²) in [5.41, 5.74) is 1.82. The van der Waals surface area contributed by atoms with Gasteiger partial charge in [-0.3, -0.25) is 9.59 Å². The molecule has 1 heterocycles. The number of carboxylic acids is 1. The molecule has 112 valence electrons. The molecule has 2 atom stereocenters. The molecule has 1 aliphatic rings. The second kappa shape index (κ2) is 5.95. The Bertz CT molecular complexity index is 597. The second-order valence-corrected chi connectivity index (χ2v) is 5.27. The summed E-state index contributed by atoms with van der Waals surface area (Å²) in [5, 5.41) is 14.4. The van der Waals surface area contributed by atoms with Crippen molar-refractivity contribution in [2.45, 2.75) is 32.7 Å². The zero-order chi connectivity index (χ0) is 15.6. The molecule has 6 heteroatoms. The van der Waals surface area contributed by atoms with Gasteiger partial charge in [-0.25, -0.2) is 4.79 Å². The van der Waals surface area contributed by atoms with Crippen molar-refractivity contribution in [3.05, 3.63) is 29.3 Å². The monoisotopic (exact) mass is 290 g/mol. The highest BCUT2D eigenvalue weighted by Crippen LogP contribution is 2.24. The van der Waals surface area contributed by atoms with Gasteiger partial charge in [0.25, 0.3) is 5.91 Å². The zero-order valence-corrected chi connectivity index (χ0v) is 12.0. The molecule has 21 heavy (non-hydrogen) atoms. The van der Waals surface area contributed by atoms with Crippen molar-refractivity contribution in [3.8, 4) is 0 Å². The van der Waals surface area contributed by atoms with Crippen molar-refractivity contribution in [3.63, 3.8) is 0 Å². The highest BCUT2D eigenvalue weighted by atomic mass is 16.4. The number of carbonyl (C=O) groups is 3. The fourth-order valence-corrected chi connectivity index (χ4v) is 2.28. The Hall–Kier alpha value is -2.37. The van der Waals surface area contributed by atoms with Crippen LogP contribution in [-0.2, 0) is 16.0 Å². The quantitative estimate of drug-likeness (QED) is 0.764. The van der Waals surface area contributed by atoms with Crippen molar-refractivity contribution < 1.29 is 19.5 Å². The molecule has 0 saturated heterocycles. The smallest absolute Gasteiger partial charge is 0.326 e. The molecule has 6 nitrogen and oxygen atoms in total. The summed E-state index contributed by atoms with van der Waals surface area (Å²) in [4.78, 5) is 34.7. The lowest BCUT2D eigenvalue weighted by molar-refractivity contribution is -0.140. The molecule has 1 aromatic carbocycles. The maximum atomic E-state index is 12.2. The molecule has 0 spiro atoms. The van der Waals surface area contributed by atoms with Crippen LogP contribution in [0.5, 0.6) is 0 Å². The minimum Gasteiger partial charge on any atom is -0.480 e. The highest BCUT2D eigenvalue weighted by molar-refractivity contribution is 6.02. The van der Waals surface area contributed by atoms with Crippen LogP contribution in [0.1, 0.15) is 36.2 Å². The maximum Gasteiger partial charge on any atom is 0.326 e. The van der Waals surface area contributed by atoms with Gasteiger partial charge in [0.15, 0.2) is 0 Å². The summed E-state index contributed by atoms with van der Waals surface area (Å²) in [6.07, 6.45) is 0.893. The number of hydrogen-bond donors (Lipinski definition) is 3. The Balaban J connectivity index is 2.15. The average Bonchev–Trinajstić information content (AvgIpc) is 2.82. The van der Waals surface area contributed by atoms with Crippen LogP contribution in [0.25, 0.3) is 0 Å². The van der Waals surface area contributed by atoms with E-state index in [-0.39, 0.29) is 18.2 Å². The van der Waals surface area contributed by atoms with E-state index in [0.29, 0.717) is 17.7 Å². The standard InChI is InChI=1S/C15H18N2O4/c1-3-8(2)13(15(20)21)17-14(19)9-4-5-11-10(6-9)7-12(18)16-11/h4-6,8,13H,3,7H2,1-2H3,(H,16,18)(H,17,19)(H,20,21). The molecule has 1 aliphatic heterocycles. The van der Waals surface area contributed by atoms with Crippen LogP contribution in [0.15, 0.2) is 18.2 Å². The number of benzene rings is 1. The third kappa shape index (κ3) is 3.21. The van der Waals surface area contributed by atoms with Gasteiger partial charge >= 0.3 is 5.97 Å². The van der Waals surface area contributed by atoms with Gasteiger partial charge in [-0.05, 0) is 29.7 Å². The molecule has 0 bridgehead atoms. The van der Waals surface area contributed by atoms with Gasteiger partial charge in [0.05, 0.1) is 6.42 Å². The summed E-state index contributed by atoms with van der Waals surface area (Å²) in [5.74, 6) is -1.75. The van der Waals surface area contributed by atoms with Crippen LogP contribution >= 0.6 is 0 Å². The second-order valence-electron chi connectivity index (χ2n) is 5.27. The Labute approximate surface area is 122 Å². The molecule has 2 rings (SSSR count). The van der Waals surface area contributed by atoms with Gasteiger partial charge in [-0.15, -0.1) is 0 Å². The minimum atomic E-state index is -1.05. The number of aliphatic carboxylic acids is 1. The summed E-state index contributed by atoms with van der Waals surface area (Å²) in [6.45, 7) is 3.66. The number of anilines is 1. The van der Waals surface area contributed by atoms with E-state index in [1.807, 2.05) is 6.92 Å². The molecule has 3 N–H and O–H groups in total. The van der Waals surface area contributed by atoms with Gasteiger partial charge in [-0.1, -0.05) is 20.3 Å². The molecular formula is C15H18N2O4. The van der Waals surface area contributed by atoms with Gasteiger partial charge in [-0.2, -0.15) is 0 Å². The van der Waals surface area contributed by atoms with Crippen LogP contribution in [0.3, 0.4) is 0 Å². The molecular weight excluding hydrogens is 272 g/mol. The van der Waals surface area contributed by atoms with Crippen molar-refractivity contribution in [1.82, 2.24) is 5.32 Å². The van der Waals surface area contributed by atoms with Crippen molar-refractivity contribution in [1.29, 1.82) is 0 Å². The molecule has 0 aliphatic carbocycles. The molecule has 0 radical (unpaired) electrons. The number of nitrogens with one attached hydrogen (secondary N) is 2. The summed E-state index contributed by atoms with van der Waals surface area (Å²) in [6, 6.07) is 3.94. The summed E-state index contributed by atoms with van der Waals surface area (Å²) >= 11 is 0. The van der Waals surface area contributed by atoms with Crippen molar-refractivity contribution in [2.24, 2.45) is 5.92 Å². The normalized spacial score (nSPS) is 15.8. The number of hydrogen-bond acceptors (Lipinski definition) is 3. The van der Waals surface area contributed by atoms with Crippen LogP contribution in [0.2, 0.25) is 0 Å². The predicted octanol–water partition coefficient (Wildman–Crippen LogP) is 1.41. The number of fused-ring (bicyclic) bond motifs is 1. The first-order chi connectivity index (χ1) is 9.92. The predicted molar refractivity (Wildman–Crippen MR) is 77.1 cm³/mol. The molecule has 1 aromatic rings. The first-order valence-corrected chi connectivity index (χ1v) is 6.88. The molecule has 0 saturated carbocycles. The third-order valence-corrected chi connectivity index (χ3v) is 3.76. The van der Waals surface area contributed by atoms with Gasteiger partial charge < -0.3 is 15.7 Å². The van der Waals surface area contributed by atoms with E-state index in [1.54, 1.807) is 25.1 Å². The summed E-state index contributed by atoms with van der Waals surface area (Å²) < 4.78 is 0. The maximum absolute atomic E-state index is 12.2. The Morgan fingerprint density at radius 3 is 2.76 bits per heavy atom. The molecule has 2 unspecified atom stereocenters. The molecule has 0 fully saturated rings. The SMILES string of the molecule is CCC(C)C(NC(=O)c1ccc2c(c1)CC(=O)N2)C(=O)O. The fraction of sp³-hybridized carbons (Fsp3) is 0.400. The van der Waals surface area contributed by atoms with E-state index in [9.17, 15) is 19.5 Å².